The molecular weight excluding hydrogens is 510 g/mol. The second kappa shape index (κ2) is 10.2. The summed E-state index contributed by atoms with van der Waals surface area (Å²) in [6.45, 7) is 0. The summed E-state index contributed by atoms with van der Waals surface area (Å²) in [6.07, 6.45) is 3.42. The molecule has 4 aromatic rings. The second-order valence-electron chi connectivity index (χ2n) is 9.02. The van der Waals surface area contributed by atoms with Gasteiger partial charge in [-0.2, -0.15) is 0 Å². The molecule has 5 rings (SSSR count). The van der Waals surface area contributed by atoms with Gasteiger partial charge in [-0.05, 0) is 49.2 Å². The van der Waals surface area contributed by atoms with Gasteiger partial charge in [0.2, 0.25) is 11.8 Å². The van der Waals surface area contributed by atoms with Gasteiger partial charge in [-0.15, -0.1) is 0 Å². The Bertz CT molecular complexity index is 1570. The summed E-state index contributed by atoms with van der Waals surface area (Å²) in [6, 6.07) is 11.3. The molecule has 2 aromatic heterocycles. The molecular formula is C28H24F2N4O5. The van der Waals surface area contributed by atoms with Gasteiger partial charge < -0.3 is 24.4 Å². The van der Waals surface area contributed by atoms with Crippen LogP contribution in [0.1, 0.15) is 12.8 Å². The van der Waals surface area contributed by atoms with Crippen molar-refractivity contribution >= 4 is 34.1 Å². The molecule has 1 aliphatic rings. The molecule has 0 aliphatic heterocycles. The quantitative estimate of drug-likeness (QED) is 0.314. The highest BCUT2D eigenvalue weighted by molar-refractivity contribution is 6.17. The molecule has 2 heterocycles. The van der Waals surface area contributed by atoms with Crippen LogP contribution < -0.4 is 24.4 Å². The third-order valence-electron chi connectivity index (χ3n) is 6.59. The molecule has 39 heavy (non-hydrogen) atoms. The van der Waals surface area contributed by atoms with Crippen molar-refractivity contribution < 1.29 is 32.6 Å². The third kappa shape index (κ3) is 4.90. The fraction of sp³-hybridized carbons (Fsp3) is 0.214. The van der Waals surface area contributed by atoms with Crippen LogP contribution in [0.5, 0.6) is 23.1 Å². The minimum Gasteiger partial charge on any atom is -0.493 e. The summed E-state index contributed by atoms with van der Waals surface area (Å²) in [5.41, 5.74) is -0.224. The molecule has 1 aliphatic carbocycles. The molecule has 0 unspecified atom stereocenters. The summed E-state index contributed by atoms with van der Waals surface area (Å²) in [5, 5.41) is 3.13. The Hall–Kier alpha value is -4.80. The third-order valence-corrected chi connectivity index (χ3v) is 6.59. The van der Waals surface area contributed by atoms with Crippen LogP contribution in [-0.2, 0) is 9.59 Å². The van der Waals surface area contributed by atoms with Crippen molar-refractivity contribution in [3.05, 3.63) is 72.6 Å². The lowest BCUT2D eigenvalue weighted by molar-refractivity contribution is -0.132. The maximum atomic E-state index is 15.0. The van der Waals surface area contributed by atoms with E-state index >= 15 is 0 Å². The van der Waals surface area contributed by atoms with Crippen molar-refractivity contribution in [2.45, 2.75) is 12.8 Å². The Labute approximate surface area is 222 Å². The molecule has 2 amide bonds. The van der Waals surface area contributed by atoms with Crippen LogP contribution in [0.2, 0.25) is 0 Å². The number of anilines is 2. The second-order valence-corrected chi connectivity index (χ2v) is 9.02. The van der Waals surface area contributed by atoms with Gasteiger partial charge in [0.15, 0.2) is 17.3 Å². The first-order chi connectivity index (χ1) is 18.8. The van der Waals surface area contributed by atoms with Crippen LogP contribution in [0.4, 0.5) is 20.2 Å². The van der Waals surface area contributed by atoms with E-state index in [0.29, 0.717) is 40.9 Å². The van der Waals surface area contributed by atoms with Gasteiger partial charge in [-0.25, -0.2) is 13.8 Å². The van der Waals surface area contributed by atoms with E-state index in [4.69, 9.17) is 14.2 Å². The normalized spacial score (nSPS) is 13.5. The van der Waals surface area contributed by atoms with Crippen LogP contribution in [0, 0.1) is 17.0 Å². The maximum Gasteiger partial charge on any atom is 0.256 e. The largest absolute Gasteiger partial charge is 0.493 e. The molecule has 0 atom stereocenters. The fourth-order valence-electron chi connectivity index (χ4n) is 4.23. The van der Waals surface area contributed by atoms with Gasteiger partial charge in [0, 0.05) is 36.5 Å². The summed E-state index contributed by atoms with van der Waals surface area (Å²) in [4.78, 5) is 35.8. The van der Waals surface area contributed by atoms with E-state index in [1.807, 2.05) is 0 Å². The SMILES string of the molecule is COc1cc2nccc(Oc3ncc(NC(=O)C4(C(=O)N(C)c5ccc(F)cc5)CC4)cc3F)c2cc1OC. The van der Waals surface area contributed by atoms with E-state index in [0.717, 1.165) is 6.07 Å². The van der Waals surface area contributed by atoms with Crippen LogP contribution in [-0.4, -0.2) is 43.0 Å². The van der Waals surface area contributed by atoms with E-state index in [9.17, 15) is 18.4 Å². The highest BCUT2D eigenvalue weighted by atomic mass is 19.1. The zero-order valence-corrected chi connectivity index (χ0v) is 21.3. The van der Waals surface area contributed by atoms with Crippen molar-refractivity contribution in [2.75, 3.05) is 31.5 Å². The van der Waals surface area contributed by atoms with Gasteiger partial charge in [-0.3, -0.25) is 14.6 Å². The van der Waals surface area contributed by atoms with Gasteiger partial charge in [-0.1, -0.05) is 0 Å². The van der Waals surface area contributed by atoms with Crippen LogP contribution >= 0.6 is 0 Å². The number of pyridine rings is 2. The van der Waals surface area contributed by atoms with E-state index in [1.54, 1.807) is 18.2 Å². The average molecular weight is 535 g/mol. The number of methoxy groups -OCH3 is 2. The van der Waals surface area contributed by atoms with Crippen LogP contribution in [0.15, 0.2) is 60.9 Å². The number of rotatable bonds is 8. The number of nitrogens with one attached hydrogen (secondary N) is 1. The molecule has 0 bridgehead atoms. The summed E-state index contributed by atoms with van der Waals surface area (Å²) in [5.74, 6) is -1.36. The lowest BCUT2D eigenvalue weighted by Crippen LogP contribution is -2.41. The maximum absolute atomic E-state index is 15.0. The van der Waals surface area contributed by atoms with Gasteiger partial charge in [0.25, 0.3) is 5.88 Å². The van der Waals surface area contributed by atoms with E-state index in [1.165, 1.54) is 62.8 Å². The molecule has 1 N–H and O–H groups in total. The first kappa shape index (κ1) is 25.8. The number of carbonyl (C=O) groups excluding carboxylic acids is 2. The van der Waals surface area contributed by atoms with E-state index in [2.05, 4.69) is 15.3 Å². The number of nitrogens with zero attached hydrogens (tertiary/aromatic N) is 3. The lowest BCUT2D eigenvalue weighted by Gasteiger charge is -2.23. The number of hydrogen-bond acceptors (Lipinski definition) is 7. The Morgan fingerprint density at radius 1 is 0.949 bits per heavy atom. The van der Waals surface area contributed by atoms with E-state index in [-0.39, 0.29) is 17.3 Å². The topological polar surface area (TPSA) is 103 Å². The molecule has 0 radical (unpaired) electrons. The monoisotopic (exact) mass is 534 g/mol. The number of hydrogen-bond donors (Lipinski definition) is 1. The minimum atomic E-state index is -1.29. The highest BCUT2D eigenvalue weighted by Gasteiger charge is 2.57. The van der Waals surface area contributed by atoms with Crippen LogP contribution in [0.3, 0.4) is 0 Å². The molecule has 1 saturated carbocycles. The molecule has 0 spiro atoms. The lowest BCUT2D eigenvalue weighted by atomic mass is 10.0. The summed E-state index contributed by atoms with van der Waals surface area (Å²) in [7, 11) is 4.52. The van der Waals surface area contributed by atoms with Crippen molar-refractivity contribution in [2.24, 2.45) is 5.41 Å². The molecule has 200 valence electrons. The first-order valence-corrected chi connectivity index (χ1v) is 11.9. The fourth-order valence-corrected chi connectivity index (χ4v) is 4.23. The standard InChI is InChI=1S/C28H24F2N4O5/c1-34(18-6-4-16(29)5-7-18)27(36)28(9-10-28)26(35)33-17-12-20(30)25(32-15-17)39-22-8-11-31-21-14-24(38-3)23(37-2)13-19(21)22/h4-8,11-15H,9-10H2,1-3H3,(H,33,35). The van der Waals surface area contributed by atoms with Crippen molar-refractivity contribution in [3.8, 4) is 23.1 Å². The summed E-state index contributed by atoms with van der Waals surface area (Å²) < 4.78 is 44.6. The smallest absolute Gasteiger partial charge is 0.256 e. The molecule has 0 saturated heterocycles. The Balaban J connectivity index is 1.32. The van der Waals surface area contributed by atoms with Gasteiger partial charge >= 0.3 is 0 Å². The molecule has 1 fully saturated rings. The number of fused-ring (bicyclic) bond motifs is 1. The number of carbonyl (C=O) groups is 2. The van der Waals surface area contributed by atoms with E-state index < -0.39 is 28.9 Å². The van der Waals surface area contributed by atoms with Crippen molar-refractivity contribution in [1.82, 2.24) is 9.97 Å². The van der Waals surface area contributed by atoms with Crippen molar-refractivity contribution in [1.29, 1.82) is 0 Å². The number of ether oxygens (including phenoxy) is 3. The summed E-state index contributed by atoms with van der Waals surface area (Å²) >= 11 is 0. The number of amides is 2. The van der Waals surface area contributed by atoms with Gasteiger partial charge in [0.1, 0.15) is 17.0 Å². The van der Waals surface area contributed by atoms with Crippen molar-refractivity contribution in [3.63, 3.8) is 0 Å². The number of aromatic nitrogens is 2. The first-order valence-electron chi connectivity index (χ1n) is 11.9. The Morgan fingerprint density at radius 2 is 1.64 bits per heavy atom. The molecule has 9 nitrogen and oxygen atoms in total. The minimum absolute atomic E-state index is 0.0688. The van der Waals surface area contributed by atoms with Crippen LogP contribution in [0.25, 0.3) is 10.9 Å². The molecule has 2 aromatic carbocycles. The molecule has 11 heteroatoms. The zero-order chi connectivity index (χ0) is 27.7. The number of benzene rings is 2. The predicted molar refractivity (Wildman–Crippen MR) is 139 cm³/mol. The Morgan fingerprint density at radius 3 is 2.28 bits per heavy atom. The van der Waals surface area contributed by atoms with Gasteiger partial charge in [0.05, 0.1) is 31.6 Å². The number of halogens is 2. The highest BCUT2D eigenvalue weighted by Crippen LogP contribution is 2.48. The average Bonchev–Trinajstić information content (AvgIpc) is 3.76. The Kier molecular flexibility index (Phi) is 6.73. The zero-order valence-electron chi connectivity index (χ0n) is 21.3. The predicted octanol–water partition coefficient (Wildman–Crippen LogP) is 5.10.